The lowest BCUT2D eigenvalue weighted by molar-refractivity contribution is -0.129. The Hall–Kier alpha value is -1.06. The lowest BCUT2D eigenvalue weighted by Crippen LogP contribution is -2.34. The first-order valence-electron chi connectivity index (χ1n) is 4.52. The van der Waals surface area contributed by atoms with Gasteiger partial charge in [0.2, 0.25) is 0 Å². The van der Waals surface area contributed by atoms with Gasteiger partial charge in [-0.2, -0.15) is 0 Å². The normalized spacial score (nSPS) is 22.6. The van der Waals surface area contributed by atoms with Crippen molar-refractivity contribution in [3.8, 4) is 0 Å². The van der Waals surface area contributed by atoms with Gasteiger partial charge in [-0.1, -0.05) is 0 Å². The van der Waals surface area contributed by atoms with Gasteiger partial charge in [0.1, 0.15) is 0 Å². The lowest BCUT2D eigenvalue weighted by atomic mass is 9.96. The van der Waals surface area contributed by atoms with E-state index in [4.69, 9.17) is 4.74 Å². The molecule has 1 aliphatic carbocycles. The number of carbonyl (C=O) groups excluding carboxylic acids is 2. The van der Waals surface area contributed by atoms with E-state index in [0.29, 0.717) is 12.8 Å². The van der Waals surface area contributed by atoms with Crippen molar-refractivity contribution in [1.82, 2.24) is 4.90 Å². The molecular weight excluding hydrogens is 170 g/mol. The monoisotopic (exact) mass is 185 g/mol. The Labute approximate surface area is 77.8 Å². The van der Waals surface area contributed by atoms with E-state index in [1.807, 2.05) is 0 Å². The predicted molar refractivity (Wildman–Crippen MR) is 47.4 cm³/mol. The van der Waals surface area contributed by atoms with Crippen LogP contribution in [-0.2, 0) is 9.53 Å². The Morgan fingerprint density at radius 2 is 2.15 bits per heavy atom. The second-order valence-electron chi connectivity index (χ2n) is 3.48. The second-order valence-corrected chi connectivity index (χ2v) is 3.48. The minimum Gasteiger partial charge on any atom is -0.438 e. The van der Waals surface area contributed by atoms with Crippen LogP contribution >= 0.6 is 0 Å². The number of carbonyl (C=O) groups is 2. The summed E-state index contributed by atoms with van der Waals surface area (Å²) in [7, 11) is 3.21. The molecule has 1 atom stereocenters. The fourth-order valence-corrected chi connectivity index (χ4v) is 1.30. The summed E-state index contributed by atoms with van der Waals surface area (Å²) in [5.41, 5.74) is 0. The van der Waals surface area contributed by atoms with Crippen LogP contribution in [0.3, 0.4) is 0 Å². The fourth-order valence-electron chi connectivity index (χ4n) is 1.30. The molecule has 0 aromatic heterocycles. The lowest BCUT2D eigenvalue weighted by Gasteiger charge is -2.22. The van der Waals surface area contributed by atoms with E-state index >= 15 is 0 Å². The van der Waals surface area contributed by atoms with Gasteiger partial charge in [0, 0.05) is 20.5 Å². The number of ether oxygens (including phenoxy) is 1. The Balaban J connectivity index is 2.43. The highest BCUT2D eigenvalue weighted by Crippen LogP contribution is 2.17. The molecule has 4 heteroatoms. The predicted octanol–water partition coefficient (Wildman–Crippen LogP) is 1.20. The SMILES string of the molecule is CN(C)C(=O)OC1CCCCC1=O. The third-order valence-electron chi connectivity index (χ3n) is 2.11. The third kappa shape index (κ3) is 2.72. The smallest absolute Gasteiger partial charge is 0.409 e. The van der Waals surface area contributed by atoms with Gasteiger partial charge in [-0.3, -0.25) is 4.79 Å². The van der Waals surface area contributed by atoms with Crippen LogP contribution in [0, 0.1) is 0 Å². The summed E-state index contributed by atoms with van der Waals surface area (Å²) >= 11 is 0. The van der Waals surface area contributed by atoms with E-state index in [1.54, 1.807) is 14.1 Å². The number of Topliss-reactive ketones (excluding diaryl/α,β-unsaturated/α-hetero) is 1. The van der Waals surface area contributed by atoms with Gasteiger partial charge >= 0.3 is 6.09 Å². The van der Waals surface area contributed by atoms with Gasteiger partial charge in [-0.05, 0) is 19.3 Å². The molecule has 0 aromatic carbocycles. The van der Waals surface area contributed by atoms with Crippen molar-refractivity contribution < 1.29 is 14.3 Å². The molecule has 1 unspecified atom stereocenters. The van der Waals surface area contributed by atoms with Crippen LogP contribution in [0.2, 0.25) is 0 Å². The molecule has 1 rings (SSSR count). The average Bonchev–Trinajstić information content (AvgIpc) is 2.08. The summed E-state index contributed by atoms with van der Waals surface area (Å²) in [5, 5.41) is 0. The average molecular weight is 185 g/mol. The van der Waals surface area contributed by atoms with Crippen molar-refractivity contribution in [3.05, 3.63) is 0 Å². The van der Waals surface area contributed by atoms with Gasteiger partial charge in [-0.25, -0.2) is 4.79 Å². The summed E-state index contributed by atoms with van der Waals surface area (Å²) in [6.07, 6.45) is 2.19. The number of hydrogen-bond acceptors (Lipinski definition) is 3. The van der Waals surface area contributed by atoms with Gasteiger partial charge in [0.15, 0.2) is 11.9 Å². The standard InChI is InChI=1S/C9H15NO3/c1-10(2)9(12)13-8-6-4-3-5-7(8)11/h8H,3-6H2,1-2H3. The van der Waals surface area contributed by atoms with Crippen molar-refractivity contribution in [2.75, 3.05) is 14.1 Å². The molecule has 1 fully saturated rings. The maximum absolute atomic E-state index is 11.3. The Bertz CT molecular complexity index is 213. The van der Waals surface area contributed by atoms with Crippen molar-refractivity contribution in [2.45, 2.75) is 31.8 Å². The molecule has 74 valence electrons. The van der Waals surface area contributed by atoms with Gasteiger partial charge < -0.3 is 9.64 Å². The zero-order valence-corrected chi connectivity index (χ0v) is 8.08. The molecule has 0 aromatic rings. The third-order valence-corrected chi connectivity index (χ3v) is 2.11. The van der Waals surface area contributed by atoms with Crippen LogP contribution in [-0.4, -0.2) is 37.0 Å². The largest absolute Gasteiger partial charge is 0.438 e. The Morgan fingerprint density at radius 1 is 1.46 bits per heavy atom. The van der Waals surface area contributed by atoms with Gasteiger partial charge in [0.25, 0.3) is 0 Å². The van der Waals surface area contributed by atoms with E-state index in [1.165, 1.54) is 4.90 Å². The summed E-state index contributed by atoms with van der Waals surface area (Å²) in [6, 6.07) is 0. The highest BCUT2D eigenvalue weighted by molar-refractivity contribution is 5.85. The van der Waals surface area contributed by atoms with E-state index in [0.717, 1.165) is 12.8 Å². The Kier molecular flexibility index (Phi) is 3.28. The Morgan fingerprint density at radius 3 is 2.69 bits per heavy atom. The van der Waals surface area contributed by atoms with Crippen LogP contribution in [0.15, 0.2) is 0 Å². The molecule has 0 N–H and O–H groups in total. The molecule has 0 saturated heterocycles. The zero-order chi connectivity index (χ0) is 9.84. The second kappa shape index (κ2) is 4.25. The molecule has 0 heterocycles. The van der Waals surface area contributed by atoms with E-state index in [-0.39, 0.29) is 5.78 Å². The molecule has 13 heavy (non-hydrogen) atoms. The van der Waals surface area contributed by atoms with E-state index in [2.05, 4.69) is 0 Å². The number of ketones is 1. The minimum absolute atomic E-state index is 0.0569. The molecule has 1 amide bonds. The summed E-state index contributed by atoms with van der Waals surface area (Å²) in [5.74, 6) is 0.0569. The zero-order valence-electron chi connectivity index (χ0n) is 8.08. The molecule has 0 radical (unpaired) electrons. The van der Waals surface area contributed by atoms with Crippen molar-refractivity contribution in [3.63, 3.8) is 0 Å². The fraction of sp³-hybridized carbons (Fsp3) is 0.778. The first-order valence-corrected chi connectivity index (χ1v) is 4.52. The van der Waals surface area contributed by atoms with Gasteiger partial charge in [-0.15, -0.1) is 0 Å². The van der Waals surface area contributed by atoms with Crippen LogP contribution in [0.4, 0.5) is 4.79 Å². The molecule has 0 spiro atoms. The summed E-state index contributed by atoms with van der Waals surface area (Å²) in [4.78, 5) is 23.7. The highest BCUT2D eigenvalue weighted by atomic mass is 16.6. The quantitative estimate of drug-likeness (QED) is 0.616. The maximum atomic E-state index is 11.3. The number of nitrogens with zero attached hydrogens (tertiary/aromatic N) is 1. The van der Waals surface area contributed by atoms with Crippen LogP contribution in [0.25, 0.3) is 0 Å². The molecular formula is C9H15NO3. The molecule has 1 aliphatic rings. The summed E-state index contributed by atoms with van der Waals surface area (Å²) in [6.45, 7) is 0. The molecule has 0 bridgehead atoms. The molecule has 1 saturated carbocycles. The van der Waals surface area contributed by atoms with Crippen molar-refractivity contribution in [2.24, 2.45) is 0 Å². The van der Waals surface area contributed by atoms with E-state index in [9.17, 15) is 9.59 Å². The first-order chi connectivity index (χ1) is 6.11. The van der Waals surface area contributed by atoms with Crippen LogP contribution < -0.4 is 0 Å². The summed E-state index contributed by atoms with van der Waals surface area (Å²) < 4.78 is 5.00. The first kappa shape index (κ1) is 10.0. The molecule has 4 nitrogen and oxygen atoms in total. The van der Waals surface area contributed by atoms with Crippen LogP contribution in [0.5, 0.6) is 0 Å². The highest BCUT2D eigenvalue weighted by Gasteiger charge is 2.26. The van der Waals surface area contributed by atoms with E-state index < -0.39 is 12.2 Å². The maximum Gasteiger partial charge on any atom is 0.409 e. The van der Waals surface area contributed by atoms with Crippen molar-refractivity contribution >= 4 is 11.9 Å². The van der Waals surface area contributed by atoms with Crippen molar-refractivity contribution in [1.29, 1.82) is 0 Å². The molecule has 0 aliphatic heterocycles. The number of rotatable bonds is 1. The minimum atomic E-state index is -0.497. The number of amides is 1. The topological polar surface area (TPSA) is 46.6 Å². The van der Waals surface area contributed by atoms with Gasteiger partial charge in [0.05, 0.1) is 0 Å². The van der Waals surface area contributed by atoms with Crippen LogP contribution in [0.1, 0.15) is 25.7 Å². The number of hydrogen-bond donors (Lipinski definition) is 0.